The quantitative estimate of drug-likeness (QED) is 0.625. The molecule has 1 rings (SSSR count). The zero-order chi connectivity index (χ0) is 15.0. The first-order chi connectivity index (χ1) is 9.62. The Morgan fingerprint density at radius 1 is 1.60 bits per heavy atom. The van der Waals surface area contributed by atoms with Crippen LogP contribution in [0.25, 0.3) is 0 Å². The van der Waals surface area contributed by atoms with Gasteiger partial charge in [0.2, 0.25) is 11.8 Å². The Kier molecular flexibility index (Phi) is 7.54. The van der Waals surface area contributed by atoms with Gasteiger partial charge in [-0.25, -0.2) is 0 Å². The van der Waals surface area contributed by atoms with E-state index in [2.05, 4.69) is 5.32 Å². The number of hydrogen-bond donors (Lipinski definition) is 2. The lowest BCUT2D eigenvalue weighted by Crippen LogP contribution is -2.36. The lowest BCUT2D eigenvalue weighted by atomic mass is 10.0. The summed E-state index contributed by atoms with van der Waals surface area (Å²) < 4.78 is 4.95. The zero-order valence-electron chi connectivity index (χ0n) is 12.4. The maximum Gasteiger partial charge on any atom is 0.225 e. The predicted octanol–water partition coefficient (Wildman–Crippen LogP) is 0.00610. The van der Waals surface area contributed by atoms with Gasteiger partial charge in [0.15, 0.2) is 0 Å². The van der Waals surface area contributed by atoms with E-state index in [1.807, 2.05) is 6.92 Å². The fraction of sp³-hybridized carbons (Fsp3) is 0.857. The van der Waals surface area contributed by atoms with E-state index in [9.17, 15) is 9.59 Å². The van der Waals surface area contributed by atoms with E-state index in [0.717, 1.165) is 6.42 Å². The van der Waals surface area contributed by atoms with E-state index < -0.39 is 0 Å². The third kappa shape index (κ3) is 5.09. The fourth-order valence-corrected chi connectivity index (χ4v) is 2.39. The van der Waals surface area contributed by atoms with Gasteiger partial charge >= 0.3 is 0 Å². The number of hydrogen-bond acceptors (Lipinski definition) is 4. The standard InChI is InChI=1S/C14H26N2O4/c1-3-11(4-6-17)9-15-14(19)12-8-13(18)16(10-12)5-7-20-2/h11-12,17H,3-10H2,1-2H3,(H,15,19). The van der Waals surface area contributed by atoms with Crippen molar-refractivity contribution in [1.82, 2.24) is 10.2 Å². The van der Waals surface area contributed by atoms with Gasteiger partial charge in [0, 0.05) is 39.8 Å². The van der Waals surface area contributed by atoms with Crippen molar-refractivity contribution in [2.75, 3.05) is 40.0 Å². The van der Waals surface area contributed by atoms with Crippen LogP contribution in [0.2, 0.25) is 0 Å². The molecular formula is C14H26N2O4. The van der Waals surface area contributed by atoms with E-state index in [0.29, 0.717) is 38.6 Å². The minimum Gasteiger partial charge on any atom is -0.396 e. The molecule has 20 heavy (non-hydrogen) atoms. The molecular weight excluding hydrogens is 260 g/mol. The summed E-state index contributed by atoms with van der Waals surface area (Å²) in [6, 6.07) is 0. The van der Waals surface area contributed by atoms with Crippen molar-refractivity contribution in [1.29, 1.82) is 0 Å². The number of carbonyl (C=O) groups is 2. The first-order valence-corrected chi connectivity index (χ1v) is 7.27. The normalized spacial score (nSPS) is 20.2. The monoisotopic (exact) mass is 286 g/mol. The molecule has 0 aromatic carbocycles. The molecule has 0 saturated carbocycles. The minimum absolute atomic E-state index is 0.0181. The summed E-state index contributed by atoms with van der Waals surface area (Å²) in [6.07, 6.45) is 1.90. The number of nitrogens with zero attached hydrogens (tertiary/aromatic N) is 1. The van der Waals surface area contributed by atoms with Crippen LogP contribution in [-0.2, 0) is 14.3 Å². The Balaban J connectivity index is 2.35. The van der Waals surface area contributed by atoms with Crippen LogP contribution in [0, 0.1) is 11.8 Å². The summed E-state index contributed by atoms with van der Waals surface area (Å²) in [6.45, 7) is 4.26. The fourth-order valence-electron chi connectivity index (χ4n) is 2.39. The second-order valence-electron chi connectivity index (χ2n) is 5.27. The number of amides is 2. The highest BCUT2D eigenvalue weighted by Gasteiger charge is 2.33. The van der Waals surface area contributed by atoms with E-state index in [1.165, 1.54) is 0 Å². The second-order valence-corrected chi connectivity index (χ2v) is 5.27. The molecule has 1 fully saturated rings. The molecule has 116 valence electrons. The summed E-state index contributed by atoms with van der Waals surface area (Å²) in [5.74, 6) is -0.00380. The van der Waals surface area contributed by atoms with Gasteiger partial charge in [0.1, 0.15) is 0 Å². The highest BCUT2D eigenvalue weighted by Crippen LogP contribution is 2.18. The second kappa shape index (κ2) is 8.92. The lowest BCUT2D eigenvalue weighted by Gasteiger charge is -2.17. The van der Waals surface area contributed by atoms with Crippen LogP contribution < -0.4 is 5.32 Å². The van der Waals surface area contributed by atoms with Crippen LogP contribution in [0.4, 0.5) is 0 Å². The van der Waals surface area contributed by atoms with Crippen LogP contribution in [-0.4, -0.2) is 61.8 Å². The average molecular weight is 286 g/mol. The van der Waals surface area contributed by atoms with Crippen LogP contribution in [0.15, 0.2) is 0 Å². The topological polar surface area (TPSA) is 78.9 Å². The molecule has 0 aromatic rings. The third-order valence-electron chi connectivity index (χ3n) is 3.83. The van der Waals surface area contributed by atoms with Crippen molar-refractivity contribution in [3.8, 4) is 0 Å². The van der Waals surface area contributed by atoms with Crippen LogP contribution >= 0.6 is 0 Å². The maximum absolute atomic E-state index is 12.1. The van der Waals surface area contributed by atoms with Crippen molar-refractivity contribution < 1.29 is 19.4 Å². The maximum atomic E-state index is 12.1. The molecule has 1 saturated heterocycles. The summed E-state index contributed by atoms with van der Waals surface area (Å²) >= 11 is 0. The number of aliphatic hydroxyl groups is 1. The summed E-state index contributed by atoms with van der Waals surface area (Å²) in [5, 5.41) is 11.8. The van der Waals surface area contributed by atoms with Gasteiger partial charge in [-0.05, 0) is 12.3 Å². The van der Waals surface area contributed by atoms with Gasteiger partial charge in [-0.3, -0.25) is 9.59 Å². The molecule has 2 unspecified atom stereocenters. The SMILES string of the molecule is CCC(CCO)CNC(=O)C1CC(=O)N(CCOC)C1. The van der Waals surface area contributed by atoms with Gasteiger partial charge in [-0.2, -0.15) is 0 Å². The number of likely N-dealkylation sites (tertiary alicyclic amines) is 1. The zero-order valence-corrected chi connectivity index (χ0v) is 12.4. The molecule has 1 heterocycles. The van der Waals surface area contributed by atoms with E-state index >= 15 is 0 Å². The number of nitrogens with one attached hydrogen (secondary N) is 1. The minimum atomic E-state index is -0.258. The van der Waals surface area contributed by atoms with Gasteiger partial charge in [0.05, 0.1) is 12.5 Å². The molecule has 1 aliphatic rings. The first-order valence-electron chi connectivity index (χ1n) is 7.27. The predicted molar refractivity (Wildman–Crippen MR) is 75.1 cm³/mol. The Morgan fingerprint density at radius 3 is 2.95 bits per heavy atom. The lowest BCUT2D eigenvalue weighted by molar-refractivity contribution is -0.129. The van der Waals surface area contributed by atoms with Crippen molar-refractivity contribution >= 4 is 11.8 Å². The summed E-state index contributed by atoms with van der Waals surface area (Å²) in [5.41, 5.74) is 0. The Labute approximate surface area is 120 Å². The van der Waals surface area contributed by atoms with Gasteiger partial charge in [-0.1, -0.05) is 13.3 Å². The molecule has 2 amide bonds. The van der Waals surface area contributed by atoms with Crippen molar-refractivity contribution in [2.45, 2.75) is 26.2 Å². The van der Waals surface area contributed by atoms with Gasteiger partial charge in [0.25, 0.3) is 0 Å². The third-order valence-corrected chi connectivity index (χ3v) is 3.83. The Hall–Kier alpha value is -1.14. The van der Waals surface area contributed by atoms with E-state index in [4.69, 9.17) is 9.84 Å². The van der Waals surface area contributed by atoms with Gasteiger partial charge in [-0.15, -0.1) is 0 Å². The molecule has 0 aromatic heterocycles. The molecule has 0 radical (unpaired) electrons. The molecule has 0 aliphatic carbocycles. The average Bonchev–Trinajstić information content (AvgIpc) is 2.82. The van der Waals surface area contributed by atoms with Crippen LogP contribution in [0.5, 0.6) is 0 Å². The molecule has 0 spiro atoms. The van der Waals surface area contributed by atoms with E-state index in [-0.39, 0.29) is 30.8 Å². The molecule has 2 N–H and O–H groups in total. The first kappa shape index (κ1) is 16.9. The van der Waals surface area contributed by atoms with Crippen molar-refractivity contribution in [2.24, 2.45) is 11.8 Å². The summed E-state index contributed by atoms with van der Waals surface area (Å²) in [7, 11) is 1.59. The largest absolute Gasteiger partial charge is 0.396 e. The Morgan fingerprint density at radius 2 is 2.35 bits per heavy atom. The number of aliphatic hydroxyl groups excluding tert-OH is 1. The number of ether oxygens (including phenoxy) is 1. The molecule has 2 atom stereocenters. The molecule has 6 heteroatoms. The number of carbonyl (C=O) groups excluding carboxylic acids is 2. The molecule has 6 nitrogen and oxygen atoms in total. The number of rotatable bonds is 9. The number of methoxy groups -OCH3 is 1. The van der Waals surface area contributed by atoms with Crippen LogP contribution in [0.1, 0.15) is 26.2 Å². The highest BCUT2D eigenvalue weighted by atomic mass is 16.5. The van der Waals surface area contributed by atoms with Crippen molar-refractivity contribution in [3.63, 3.8) is 0 Å². The smallest absolute Gasteiger partial charge is 0.225 e. The molecule has 0 bridgehead atoms. The Bertz CT molecular complexity index is 322. The van der Waals surface area contributed by atoms with Gasteiger partial charge < -0.3 is 20.1 Å². The van der Waals surface area contributed by atoms with Crippen molar-refractivity contribution in [3.05, 3.63) is 0 Å². The highest BCUT2D eigenvalue weighted by molar-refractivity contribution is 5.89. The molecule has 1 aliphatic heterocycles. The summed E-state index contributed by atoms with van der Waals surface area (Å²) in [4.78, 5) is 25.5. The van der Waals surface area contributed by atoms with Crippen LogP contribution in [0.3, 0.4) is 0 Å². The van der Waals surface area contributed by atoms with E-state index in [1.54, 1.807) is 12.0 Å².